The third-order valence-electron chi connectivity index (χ3n) is 4.14. The van der Waals surface area contributed by atoms with E-state index in [-0.39, 0.29) is 0 Å². The molecule has 0 aromatic heterocycles. The third kappa shape index (κ3) is 2.37. The fourth-order valence-corrected chi connectivity index (χ4v) is 3.23. The maximum absolute atomic E-state index is 13.7. The molecule has 0 fully saturated rings. The van der Waals surface area contributed by atoms with Crippen molar-refractivity contribution in [2.24, 2.45) is 5.41 Å². The molecule has 1 aliphatic rings. The van der Waals surface area contributed by atoms with Gasteiger partial charge in [0.05, 0.1) is 22.1 Å². The SMILES string of the molecule is N#CC1(C(O)c2ccc(Br)c(F)c2)Cc2ccccc2C1. The molecule has 0 bridgehead atoms. The van der Waals surface area contributed by atoms with Crippen LogP contribution in [0.1, 0.15) is 22.8 Å². The fourth-order valence-electron chi connectivity index (χ4n) is 2.98. The third-order valence-corrected chi connectivity index (χ3v) is 4.78. The number of hydrogen-bond acceptors (Lipinski definition) is 2. The van der Waals surface area contributed by atoms with Crippen LogP contribution in [0.25, 0.3) is 0 Å². The Hall–Kier alpha value is -1.70. The first-order chi connectivity index (χ1) is 10.1. The summed E-state index contributed by atoms with van der Waals surface area (Å²) in [7, 11) is 0. The van der Waals surface area contributed by atoms with Crippen LogP contribution < -0.4 is 0 Å². The molecule has 106 valence electrons. The molecule has 0 amide bonds. The molecule has 0 aliphatic heterocycles. The van der Waals surface area contributed by atoms with Gasteiger partial charge in [-0.25, -0.2) is 4.39 Å². The van der Waals surface area contributed by atoms with E-state index >= 15 is 0 Å². The Labute approximate surface area is 131 Å². The fraction of sp³-hybridized carbons (Fsp3) is 0.235. The summed E-state index contributed by atoms with van der Waals surface area (Å²) in [4.78, 5) is 0. The molecule has 1 N–H and O–H groups in total. The molecule has 2 aromatic rings. The van der Waals surface area contributed by atoms with Gasteiger partial charge in [-0.1, -0.05) is 30.3 Å². The first-order valence-electron chi connectivity index (χ1n) is 6.67. The summed E-state index contributed by atoms with van der Waals surface area (Å²) in [6.07, 6.45) is -0.0469. The second kappa shape index (κ2) is 5.25. The Balaban J connectivity index is 1.98. The van der Waals surface area contributed by atoms with Crippen molar-refractivity contribution in [3.8, 4) is 6.07 Å². The summed E-state index contributed by atoms with van der Waals surface area (Å²) in [6.45, 7) is 0. The van der Waals surface area contributed by atoms with Crippen LogP contribution in [0.15, 0.2) is 46.9 Å². The van der Waals surface area contributed by atoms with Gasteiger partial charge in [0.25, 0.3) is 0 Å². The van der Waals surface area contributed by atoms with Crippen LogP contribution in [0.5, 0.6) is 0 Å². The lowest BCUT2D eigenvalue weighted by molar-refractivity contribution is 0.0690. The number of hydrogen-bond donors (Lipinski definition) is 1. The Morgan fingerprint density at radius 3 is 2.33 bits per heavy atom. The van der Waals surface area contributed by atoms with E-state index in [0.29, 0.717) is 22.9 Å². The van der Waals surface area contributed by atoms with E-state index < -0.39 is 17.3 Å². The minimum atomic E-state index is -1.02. The quantitative estimate of drug-likeness (QED) is 0.896. The Morgan fingerprint density at radius 2 is 1.81 bits per heavy atom. The van der Waals surface area contributed by atoms with Crippen LogP contribution in [0, 0.1) is 22.6 Å². The van der Waals surface area contributed by atoms with Crippen LogP contribution in [-0.2, 0) is 12.8 Å². The summed E-state index contributed by atoms with van der Waals surface area (Å²) < 4.78 is 14.0. The van der Waals surface area contributed by atoms with Crippen molar-refractivity contribution < 1.29 is 9.50 Å². The van der Waals surface area contributed by atoms with Crippen LogP contribution in [0.4, 0.5) is 4.39 Å². The largest absolute Gasteiger partial charge is 0.387 e. The molecular weight excluding hydrogens is 333 g/mol. The number of aliphatic hydroxyl groups excluding tert-OH is 1. The van der Waals surface area contributed by atoms with Crippen molar-refractivity contribution in [1.82, 2.24) is 0 Å². The van der Waals surface area contributed by atoms with E-state index in [2.05, 4.69) is 22.0 Å². The Bertz CT molecular complexity index is 713. The molecule has 0 spiro atoms. The molecule has 0 heterocycles. The normalized spacial score (nSPS) is 17.0. The molecule has 2 nitrogen and oxygen atoms in total. The lowest BCUT2D eigenvalue weighted by Crippen LogP contribution is -2.28. The van der Waals surface area contributed by atoms with Crippen molar-refractivity contribution in [3.63, 3.8) is 0 Å². The maximum atomic E-state index is 13.7. The van der Waals surface area contributed by atoms with Crippen molar-refractivity contribution in [2.45, 2.75) is 18.9 Å². The Morgan fingerprint density at radius 1 is 1.19 bits per heavy atom. The summed E-state index contributed by atoms with van der Waals surface area (Å²) in [5, 5.41) is 20.3. The van der Waals surface area contributed by atoms with Gasteiger partial charge in [0, 0.05) is 0 Å². The van der Waals surface area contributed by atoms with Gasteiger partial charge in [-0.2, -0.15) is 5.26 Å². The standard InChI is InChI=1S/C17H13BrFNO/c18-14-6-5-11(7-15(14)19)16(21)17(10-20)8-12-3-1-2-4-13(12)9-17/h1-7,16,21H,8-9H2. The van der Waals surface area contributed by atoms with Crippen molar-refractivity contribution in [3.05, 3.63) is 69.4 Å². The predicted octanol–water partition coefficient (Wildman–Crippen LogP) is 3.93. The molecular formula is C17H13BrFNO. The van der Waals surface area contributed by atoms with Crippen LogP contribution in [0.3, 0.4) is 0 Å². The molecule has 0 saturated heterocycles. The first kappa shape index (κ1) is 14.2. The van der Waals surface area contributed by atoms with Crippen molar-refractivity contribution in [2.75, 3.05) is 0 Å². The van der Waals surface area contributed by atoms with E-state index in [9.17, 15) is 14.8 Å². The highest BCUT2D eigenvalue weighted by Crippen LogP contribution is 2.45. The molecule has 0 saturated carbocycles. The number of nitrogens with zero attached hydrogens (tertiary/aromatic N) is 1. The summed E-state index contributed by atoms with van der Waals surface area (Å²) in [5.41, 5.74) is 1.67. The number of fused-ring (bicyclic) bond motifs is 1. The maximum Gasteiger partial charge on any atom is 0.137 e. The van der Waals surface area contributed by atoms with Gasteiger partial charge in [0.15, 0.2) is 0 Å². The van der Waals surface area contributed by atoms with E-state index in [1.807, 2.05) is 24.3 Å². The lowest BCUT2D eigenvalue weighted by Gasteiger charge is -2.27. The topological polar surface area (TPSA) is 44.0 Å². The molecule has 1 atom stereocenters. The monoisotopic (exact) mass is 345 g/mol. The Kier molecular flexibility index (Phi) is 3.56. The predicted molar refractivity (Wildman–Crippen MR) is 81.0 cm³/mol. The number of nitriles is 1. The van der Waals surface area contributed by atoms with Gasteiger partial charge in [-0.15, -0.1) is 0 Å². The average Bonchev–Trinajstić information content (AvgIpc) is 2.89. The molecule has 3 rings (SSSR count). The highest BCUT2D eigenvalue weighted by Gasteiger charge is 2.44. The van der Waals surface area contributed by atoms with Gasteiger partial charge in [-0.3, -0.25) is 0 Å². The van der Waals surface area contributed by atoms with Crippen molar-refractivity contribution in [1.29, 1.82) is 5.26 Å². The minimum absolute atomic E-state index is 0.346. The average molecular weight is 346 g/mol. The van der Waals surface area contributed by atoms with Gasteiger partial charge in [-0.05, 0) is 57.6 Å². The highest BCUT2D eigenvalue weighted by atomic mass is 79.9. The first-order valence-corrected chi connectivity index (χ1v) is 7.46. The smallest absolute Gasteiger partial charge is 0.137 e. The van der Waals surface area contributed by atoms with Gasteiger partial charge in [0.1, 0.15) is 5.82 Å². The number of aliphatic hydroxyl groups is 1. The second-order valence-electron chi connectivity index (χ2n) is 5.47. The summed E-state index contributed by atoms with van der Waals surface area (Å²) in [6, 6.07) is 14.6. The zero-order valence-electron chi connectivity index (χ0n) is 11.2. The summed E-state index contributed by atoms with van der Waals surface area (Å²) in [5.74, 6) is -0.435. The highest BCUT2D eigenvalue weighted by molar-refractivity contribution is 9.10. The number of rotatable bonds is 2. The molecule has 21 heavy (non-hydrogen) atoms. The molecule has 2 aromatic carbocycles. The molecule has 0 radical (unpaired) electrons. The van der Waals surface area contributed by atoms with E-state index in [4.69, 9.17) is 0 Å². The number of benzene rings is 2. The van der Waals surface area contributed by atoms with Crippen LogP contribution >= 0.6 is 15.9 Å². The number of halogens is 2. The van der Waals surface area contributed by atoms with Crippen LogP contribution in [-0.4, -0.2) is 5.11 Å². The lowest BCUT2D eigenvalue weighted by atomic mass is 9.77. The summed E-state index contributed by atoms with van der Waals surface area (Å²) >= 11 is 3.09. The van der Waals surface area contributed by atoms with E-state index in [0.717, 1.165) is 11.1 Å². The van der Waals surface area contributed by atoms with E-state index in [1.54, 1.807) is 12.1 Å². The zero-order valence-corrected chi connectivity index (χ0v) is 12.8. The molecule has 1 unspecified atom stereocenters. The molecule has 1 aliphatic carbocycles. The molecule has 4 heteroatoms. The van der Waals surface area contributed by atoms with Gasteiger partial charge in [0.2, 0.25) is 0 Å². The van der Waals surface area contributed by atoms with Gasteiger partial charge >= 0.3 is 0 Å². The van der Waals surface area contributed by atoms with E-state index in [1.165, 1.54) is 6.07 Å². The zero-order chi connectivity index (χ0) is 15.0. The van der Waals surface area contributed by atoms with Crippen molar-refractivity contribution >= 4 is 15.9 Å². The van der Waals surface area contributed by atoms with Crippen LogP contribution in [0.2, 0.25) is 0 Å². The van der Waals surface area contributed by atoms with Gasteiger partial charge < -0.3 is 5.11 Å². The minimum Gasteiger partial charge on any atom is -0.387 e. The second-order valence-corrected chi connectivity index (χ2v) is 6.32.